The minimum absolute atomic E-state index is 0.156. The van der Waals surface area contributed by atoms with E-state index in [1.54, 1.807) is 0 Å². The monoisotopic (exact) mass is 303 g/mol. The number of amides is 2. The van der Waals surface area contributed by atoms with Crippen LogP contribution in [0.3, 0.4) is 0 Å². The van der Waals surface area contributed by atoms with Crippen molar-refractivity contribution in [1.29, 1.82) is 0 Å². The molecule has 0 unspecified atom stereocenters. The highest BCUT2D eigenvalue weighted by Crippen LogP contribution is 2.46. The zero-order valence-corrected chi connectivity index (χ0v) is 13.8. The molecule has 5 heteroatoms. The van der Waals surface area contributed by atoms with Gasteiger partial charge in [0.25, 0.3) is 0 Å². The highest BCUT2D eigenvalue weighted by Gasteiger charge is 2.56. The second kappa shape index (κ2) is 6.48. The van der Waals surface area contributed by atoms with Gasteiger partial charge in [0, 0.05) is 18.8 Å². The summed E-state index contributed by atoms with van der Waals surface area (Å²) in [6.45, 7) is 5.30. The Kier molecular flexibility index (Phi) is 4.86. The maximum Gasteiger partial charge on any atom is 0.240 e. The number of carbonyl (C=O) groups is 2. The van der Waals surface area contributed by atoms with E-state index in [-0.39, 0.29) is 11.8 Å². The fourth-order valence-corrected chi connectivity index (χ4v) is 2.44. The molecule has 0 spiro atoms. The molecule has 0 heterocycles. The highest BCUT2D eigenvalue weighted by molar-refractivity contribution is 6.13. The van der Waals surface area contributed by atoms with E-state index in [1.807, 2.05) is 51.0 Å². The molecule has 0 atom stereocenters. The third-order valence-electron chi connectivity index (χ3n) is 4.09. The van der Waals surface area contributed by atoms with Gasteiger partial charge >= 0.3 is 0 Å². The minimum atomic E-state index is -0.871. The first-order chi connectivity index (χ1) is 10.3. The lowest BCUT2D eigenvalue weighted by Crippen LogP contribution is -2.42. The Hall–Kier alpha value is -1.88. The lowest BCUT2D eigenvalue weighted by atomic mass is 10.0. The predicted octanol–water partition coefficient (Wildman–Crippen LogP) is 1.70. The lowest BCUT2D eigenvalue weighted by molar-refractivity contribution is -0.134. The molecular formula is C17H25N3O2. The molecular weight excluding hydrogens is 278 g/mol. The molecule has 5 nitrogen and oxygen atoms in total. The van der Waals surface area contributed by atoms with Crippen LogP contribution in [0.5, 0.6) is 0 Å². The van der Waals surface area contributed by atoms with Crippen LogP contribution >= 0.6 is 0 Å². The number of benzene rings is 1. The van der Waals surface area contributed by atoms with Gasteiger partial charge in [0.15, 0.2) is 0 Å². The summed E-state index contributed by atoms with van der Waals surface area (Å²) in [7, 11) is 3.90. The summed E-state index contributed by atoms with van der Waals surface area (Å²) >= 11 is 0. The maximum absolute atomic E-state index is 12.5. The van der Waals surface area contributed by atoms with Gasteiger partial charge in [0.2, 0.25) is 11.8 Å². The molecule has 0 saturated heterocycles. The molecule has 22 heavy (non-hydrogen) atoms. The first-order valence-corrected chi connectivity index (χ1v) is 7.67. The predicted molar refractivity (Wildman–Crippen MR) is 87.8 cm³/mol. The Morgan fingerprint density at radius 1 is 1.18 bits per heavy atom. The van der Waals surface area contributed by atoms with Gasteiger partial charge in [-0.25, -0.2) is 0 Å². The summed E-state index contributed by atoms with van der Waals surface area (Å²) in [5.74, 6) is -0.349. The Morgan fingerprint density at radius 3 is 2.41 bits per heavy atom. The van der Waals surface area contributed by atoms with E-state index in [4.69, 9.17) is 0 Å². The Labute approximate surface area is 132 Å². The summed E-state index contributed by atoms with van der Waals surface area (Å²) in [4.78, 5) is 26.8. The molecule has 2 N–H and O–H groups in total. The summed E-state index contributed by atoms with van der Waals surface area (Å²) in [6.07, 6.45) is 1.25. The normalized spacial score (nSPS) is 15.5. The molecule has 1 aliphatic carbocycles. The Balaban J connectivity index is 1.97. The average molecular weight is 303 g/mol. The first-order valence-electron chi connectivity index (χ1n) is 7.67. The maximum atomic E-state index is 12.5. The standard InChI is InChI=1S/C17H25N3O2/c1-12-5-6-14(13(2)11-12)19-16(22)17(7-8-17)15(21)18-9-10-20(3)4/h5-6,11H,7-10H2,1-4H3,(H,18,21)(H,19,22). The first kappa shape index (κ1) is 16.5. The summed E-state index contributed by atoms with van der Waals surface area (Å²) in [5.41, 5.74) is 2.07. The van der Waals surface area contributed by atoms with E-state index in [0.717, 1.165) is 23.4 Å². The van der Waals surface area contributed by atoms with Crippen molar-refractivity contribution in [2.45, 2.75) is 26.7 Å². The van der Waals surface area contributed by atoms with E-state index < -0.39 is 5.41 Å². The number of nitrogens with one attached hydrogen (secondary N) is 2. The Bertz CT molecular complexity index is 577. The van der Waals surface area contributed by atoms with E-state index in [2.05, 4.69) is 10.6 Å². The summed E-state index contributed by atoms with van der Waals surface area (Å²) in [6, 6.07) is 5.87. The number of anilines is 1. The molecule has 0 aliphatic heterocycles. The third-order valence-corrected chi connectivity index (χ3v) is 4.09. The van der Waals surface area contributed by atoms with Gasteiger partial charge in [-0.1, -0.05) is 17.7 Å². The molecule has 1 saturated carbocycles. The van der Waals surface area contributed by atoms with Gasteiger partial charge in [-0.05, 0) is 52.4 Å². The van der Waals surface area contributed by atoms with Crippen LogP contribution in [0.15, 0.2) is 18.2 Å². The van der Waals surface area contributed by atoms with Crippen molar-refractivity contribution in [2.24, 2.45) is 5.41 Å². The van der Waals surface area contributed by atoms with Crippen LogP contribution < -0.4 is 10.6 Å². The zero-order chi connectivity index (χ0) is 16.3. The molecule has 0 bridgehead atoms. The van der Waals surface area contributed by atoms with Crippen LogP contribution in [0.25, 0.3) is 0 Å². The molecule has 1 aliphatic rings. The van der Waals surface area contributed by atoms with Crippen molar-refractivity contribution in [2.75, 3.05) is 32.5 Å². The van der Waals surface area contributed by atoms with Gasteiger partial charge < -0.3 is 15.5 Å². The zero-order valence-electron chi connectivity index (χ0n) is 13.8. The third kappa shape index (κ3) is 3.65. The highest BCUT2D eigenvalue weighted by atomic mass is 16.2. The number of aryl methyl sites for hydroxylation is 2. The van der Waals surface area contributed by atoms with E-state index in [9.17, 15) is 9.59 Å². The number of hydrogen-bond acceptors (Lipinski definition) is 3. The van der Waals surface area contributed by atoms with Crippen LogP contribution in [0, 0.1) is 19.3 Å². The van der Waals surface area contributed by atoms with Gasteiger partial charge in [-0.3, -0.25) is 9.59 Å². The SMILES string of the molecule is Cc1ccc(NC(=O)C2(C(=O)NCCN(C)C)CC2)c(C)c1. The molecule has 2 rings (SSSR count). The van der Waals surface area contributed by atoms with Crippen LogP contribution in [0.2, 0.25) is 0 Å². The largest absolute Gasteiger partial charge is 0.354 e. The quantitative estimate of drug-likeness (QED) is 0.786. The van der Waals surface area contributed by atoms with Crippen molar-refractivity contribution < 1.29 is 9.59 Å². The van der Waals surface area contributed by atoms with E-state index in [1.165, 1.54) is 0 Å². The lowest BCUT2D eigenvalue weighted by Gasteiger charge is -2.17. The molecule has 1 aromatic rings. The fourth-order valence-electron chi connectivity index (χ4n) is 2.44. The van der Waals surface area contributed by atoms with Gasteiger partial charge in [-0.15, -0.1) is 0 Å². The topological polar surface area (TPSA) is 61.4 Å². The van der Waals surface area contributed by atoms with Gasteiger partial charge in [0.1, 0.15) is 5.41 Å². The number of carbonyl (C=O) groups excluding carboxylic acids is 2. The van der Waals surface area contributed by atoms with Crippen LogP contribution in [-0.2, 0) is 9.59 Å². The molecule has 0 radical (unpaired) electrons. The van der Waals surface area contributed by atoms with Gasteiger partial charge in [0.05, 0.1) is 0 Å². The molecule has 0 aromatic heterocycles. The molecule has 120 valence electrons. The number of hydrogen-bond donors (Lipinski definition) is 2. The smallest absolute Gasteiger partial charge is 0.240 e. The fraction of sp³-hybridized carbons (Fsp3) is 0.529. The minimum Gasteiger partial charge on any atom is -0.354 e. The van der Waals surface area contributed by atoms with Crippen molar-refractivity contribution in [3.05, 3.63) is 29.3 Å². The van der Waals surface area contributed by atoms with Crippen LogP contribution in [0.4, 0.5) is 5.69 Å². The van der Waals surface area contributed by atoms with Crippen LogP contribution in [0.1, 0.15) is 24.0 Å². The molecule has 1 aromatic carbocycles. The summed E-state index contributed by atoms with van der Waals surface area (Å²) in [5, 5.41) is 5.78. The van der Waals surface area contributed by atoms with Crippen LogP contribution in [-0.4, -0.2) is 43.9 Å². The second-order valence-electron chi connectivity index (χ2n) is 6.41. The summed E-state index contributed by atoms with van der Waals surface area (Å²) < 4.78 is 0. The number of rotatable bonds is 6. The number of nitrogens with zero attached hydrogens (tertiary/aromatic N) is 1. The van der Waals surface area contributed by atoms with Crippen molar-refractivity contribution in [1.82, 2.24) is 10.2 Å². The van der Waals surface area contributed by atoms with Crippen molar-refractivity contribution in [3.63, 3.8) is 0 Å². The number of likely N-dealkylation sites (N-methyl/N-ethyl adjacent to an activating group) is 1. The van der Waals surface area contributed by atoms with E-state index in [0.29, 0.717) is 19.4 Å². The van der Waals surface area contributed by atoms with E-state index >= 15 is 0 Å². The average Bonchev–Trinajstić information content (AvgIpc) is 3.23. The molecule has 2 amide bonds. The Morgan fingerprint density at radius 2 is 1.86 bits per heavy atom. The van der Waals surface area contributed by atoms with Crippen molar-refractivity contribution in [3.8, 4) is 0 Å². The molecule has 1 fully saturated rings. The van der Waals surface area contributed by atoms with Crippen molar-refractivity contribution >= 4 is 17.5 Å². The van der Waals surface area contributed by atoms with Gasteiger partial charge in [-0.2, -0.15) is 0 Å². The second-order valence-corrected chi connectivity index (χ2v) is 6.41.